The second-order valence-corrected chi connectivity index (χ2v) is 7.94. The molecule has 2 aromatic heterocycles. The van der Waals surface area contributed by atoms with E-state index in [9.17, 15) is 0 Å². The molecule has 0 amide bonds. The van der Waals surface area contributed by atoms with Crippen LogP contribution in [0.15, 0.2) is 12.4 Å². The topological polar surface area (TPSA) is 37.2 Å². The van der Waals surface area contributed by atoms with Crippen molar-refractivity contribution in [2.24, 2.45) is 0 Å². The molecule has 1 aliphatic heterocycles. The number of aromatic nitrogens is 3. The van der Waals surface area contributed by atoms with Crippen molar-refractivity contribution in [2.45, 2.75) is 52.1 Å². The van der Waals surface area contributed by atoms with Crippen LogP contribution in [0.2, 0.25) is 0 Å². The third-order valence-electron chi connectivity index (χ3n) is 5.11. The maximum absolute atomic E-state index is 4.92. The normalized spacial score (nSPS) is 18.8. The number of imidazole rings is 1. The van der Waals surface area contributed by atoms with Gasteiger partial charge in [-0.1, -0.05) is 6.92 Å². The van der Waals surface area contributed by atoms with Crippen molar-refractivity contribution in [3.8, 4) is 0 Å². The van der Waals surface area contributed by atoms with Crippen LogP contribution < -0.4 is 4.90 Å². The van der Waals surface area contributed by atoms with E-state index >= 15 is 0 Å². The highest BCUT2D eigenvalue weighted by Crippen LogP contribution is 2.32. The lowest BCUT2D eigenvalue weighted by Crippen LogP contribution is -2.46. The zero-order valence-corrected chi connectivity index (χ0v) is 15.4. The van der Waals surface area contributed by atoms with Gasteiger partial charge in [-0.25, -0.2) is 9.97 Å². The number of rotatable bonds is 5. The highest BCUT2D eigenvalue weighted by atomic mass is 32.1. The first-order valence-corrected chi connectivity index (χ1v) is 10.1. The third kappa shape index (κ3) is 3.35. The molecule has 1 saturated heterocycles. The maximum Gasteiger partial charge on any atom is 0.185 e. The molecule has 0 spiro atoms. The molecule has 0 atom stereocenters. The van der Waals surface area contributed by atoms with Crippen LogP contribution in [0, 0.1) is 0 Å². The molecule has 130 valence electrons. The Balaban J connectivity index is 1.35. The molecule has 1 aliphatic carbocycles. The summed E-state index contributed by atoms with van der Waals surface area (Å²) < 4.78 is 2.29. The summed E-state index contributed by atoms with van der Waals surface area (Å²) >= 11 is 1.94. The monoisotopic (exact) mass is 345 g/mol. The van der Waals surface area contributed by atoms with Crippen LogP contribution in [-0.2, 0) is 25.9 Å². The molecule has 0 N–H and O–H groups in total. The summed E-state index contributed by atoms with van der Waals surface area (Å²) in [5.74, 6) is 1.20. The van der Waals surface area contributed by atoms with Crippen LogP contribution in [0.1, 0.15) is 42.6 Å². The lowest BCUT2D eigenvalue weighted by molar-refractivity contribution is 0.240. The summed E-state index contributed by atoms with van der Waals surface area (Å²) in [5.41, 5.74) is 1.38. The second-order valence-electron chi connectivity index (χ2n) is 6.87. The van der Waals surface area contributed by atoms with Crippen molar-refractivity contribution >= 4 is 16.5 Å². The molecule has 2 aliphatic rings. The van der Waals surface area contributed by atoms with Gasteiger partial charge in [0.15, 0.2) is 5.13 Å². The fourth-order valence-electron chi connectivity index (χ4n) is 3.71. The first-order chi connectivity index (χ1) is 11.8. The van der Waals surface area contributed by atoms with Crippen molar-refractivity contribution in [3.63, 3.8) is 0 Å². The van der Waals surface area contributed by atoms with E-state index in [1.807, 2.05) is 17.5 Å². The quantitative estimate of drug-likeness (QED) is 0.835. The van der Waals surface area contributed by atoms with E-state index in [1.54, 1.807) is 4.88 Å². The SMILES string of the molecule is CCCn1ccnc1CN1CCN(c2nc3c(s2)CCCC3)CC1. The zero-order chi connectivity index (χ0) is 16.4. The van der Waals surface area contributed by atoms with Gasteiger partial charge in [0.25, 0.3) is 0 Å². The number of hydrogen-bond donors (Lipinski definition) is 0. The van der Waals surface area contributed by atoms with Gasteiger partial charge in [0.05, 0.1) is 12.2 Å². The van der Waals surface area contributed by atoms with Crippen LogP contribution >= 0.6 is 11.3 Å². The Morgan fingerprint density at radius 1 is 1.12 bits per heavy atom. The van der Waals surface area contributed by atoms with Gasteiger partial charge in [-0.2, -0.15) is 0 Å². The van der Waals surface area contributed by atoms with E-state index in [0.717, 1.165) is 45.7 Å². The van der Waals surface area contributed by atoms with E-state index < -0.39 is 0 Å². The minimum Gasteiger partial charge on any atom is -0.346 e. The number of aryl methyl sites for hydroxylation is 3. The summed E-state index contributed by atoms with van der Waals surface area (Å²) in [6.45, 7) is 8.62. The molecular weight excluding hydrogens is 318 g/mol. The van der Waals surface area contributed by atoms with Crippen molar-refractivity contribution in [1.29, 1.82) is 0 Å². The standard InChI is InChI=1S/C18H27N5S/c1-2-8-22-9-7-19-17(22)14-21-10-12-23(13-11-21)18-20-15-5-3-4-6-16(15)24-18/h7,9H,2-6,8,10-14H2,1H3. The van der Waals surface area contributed by atoms with Crippen LogP contribution in [-0.4, -0.2) is 45.6 Å². The molecule has 6 heteroatoms. The first kappa shape index (κ1) is 16.1. The molecule has 1 fully saturated rings. The van der Waals surface area contributed by atoms with Gasteiger partial charge < -0.3 is 9.47 Å². The average Bonchev–Trinajstić information content (AvgIpc) is 3.23. The van der Waals surface area contributed by atoms with Gasteiger partial charge in [0, 0.05) is 50.0 Å². The molecule has 2 aromatic rings. The van der Waals surface area contributed by atoms with Crippen molar-refractivity contribution in [2.75, 3.05) is 31.1 Å². The fourth-order valence-corrected chi connectivity index (χ4v) is 4.91. The minimum atomic E-state index is 0.967. The van der Waals surface area contributed by atoms with Gasteiger partial charge >= 0.3 is 0 Å². The number of fused-ring (bicyclic) bond motifs is 1. The summed E-state index contributed by atoms with van der Waals surface area (Å²) in [6, 6.07) is 0. The van der Waals surface area contributed by atoms with E-state index in [0.29, 0.717) is 0 Å². The predicted molar refractivity (Wildman–Crippen MR) is 98.8 cm³/mol. The fraction of sp³-hybridized carbons (Fsp3) is 0.667. The number of hydrogen-bond acceptors (Lipinski definition) is 5. The molecule has 0 saturated carbocycles. The van der Waals surface area contributed by atoms with Gasteiger partial charge in [-0.3, -0.25) is 4.90 Å². The molecule has 24 heavy (non-hydrogen) atoms. The Bertz CT molecular complexity index is 645. The van der Waals surface area contributed by atoms with Gasteiger partial charge in [-0.15, -0.1) is 11.3 Å². The molecular formula is C18H27N5S. The van der Waals surface area contributed by atoms with Crippen LogP contribution in [0.3, 0.4) is 0 Å². The predicted octanol–water partition coefficient (Wildman–Crippen LogP) is 2.95. The van der Waals surface area contributed by atoms with Gasteiger partial charge in [0.2, 0.25) is 0 Å². The lowest BCUT2D eigenvalue weighted by Gasteiger charge is -2.34. The van der Waals surface area contributed by atoms with Crippen LogP contribution in [0.5, 0.6) is 0 Å². The van der Waals surface area contributed by atoms with Crippen molar-refractivity contribution in [3.05, 3.63) is 28.8 Å². The number of nitrogens with zero attached hydrogens (tertiary/aromatic N) is 5. The van der Waals surface area contributed by atoms with Crippen LogP contribution in [0.4, 0.5) is 5.13 Å². The molecule has 0 bridgehead atoms. The Kier molecular flexibility index (Phi) is 4.85. The van der Waals surface area contributed by atoms with E-state index in [4.69, 9.17) is 4.98 Å². The Morgan fingerprint density at radius 2 is 1.96 bits per heavy atom. The lowest BCUT2D eigenvalue weighted by atomic mass is 10.0. The Morgan fingerprint density at radius 3 is 2.75 bits per heavy atom. The number of anilines is 1. The number of thiazole rings is 1. The highest BCUT2D eigenvalue weighted by Gasteiger charge is 2.23. The highest BCUT2D eigenvalue weighted by molar-refractivity contribution is 7.15. The molecule has 3 heterocycles. The molecule has 0 radical (unpaired) electrons. The molecule has 0 aromatic carbocycles. The van der Waals surface area contributed by atoms with Gasteiger partial charge in [-0.05, 0) is 32.1 Å². The summed E-state index contributed by atoms with van der Waals surface area (Å²) in [4.78, 5) is 16.0. The Hall–Kier alpha value is -1.40. The molecule has 0 unspecified atom stereocenters. The zero-order valence-electron chi connectivity index (χ0n) is 14.6. The first-order valence-electron chi connectivity index (χ1n) is 9.29. The van der Waals surface area contributed by atoms with Gasteiger partial charge in [0.1, 0.15) is 5.82 Å². The third-order valence-corrected chi connectivity index (χ3v) is 6.33. The summed E-state index contributed by atoms with van der Waals surface area (Å²) in [7, 11) is 0. The van der Waals surface area contributed by atoms with Crippen molar-refractivity contribution < 1.29 is 0 Å². The smallest absolute Gasteiger partial charge is 0.185 e. The largest absolute Gasteiger partial charge is 0.346 e. The summed E-state index contributed by atoms with van der Waals surface area (Å²) in [6.07, 6.45) is 10.3. The van der Waals surface area contributed by atoms with Crippen molar-refractivity contribution in [1.82, 2.24) is 19.4 Å². The second kappa shape index (κ2) is 7.23. The summed E-state index contributed by atoms with van der Waals surface area (Å²) in [5, 5.41) is 1.26. The number of piperazine rings is 1. The van der Waals surface area contributed by atoms with E-state index in [-0.39, 0.29) is 0 Å². The minimum absolute atomic E-state index is 0.967. The van der Waals surface area contributed by atoms with E-state index in [2.05, 4.69) is 32.5 Å². The van der Waals surface area contributed by atoms with Crippen LogP contribution in [0.25, 0.3) is 0 Å². The maximum atomic E-state index is 4.92. The average molecular weight is 346 g/mol. The molecule has 5 nitrogen and oxygen atoms in total. The Labute approximate surface area is 148 Å². The molecule has 4 rings (SSSR count). The van der Waals surface area contributed by atoms with E-state index in [1.165, 1.54) is 42.3 Å².